The lowest BCUT2D eigenvalue weighted by molar-refractivity contribution is 0.122. The fourth-order valence-corrected chi connectivity index (χ4v) is 3.89. The summed E-state index contributed by atoms with van der Waals surface area (Å²) in [6.07, 6.45) is 3.77. The number of aryl methyl sites for hydroxylation is 1. The lowest BCUT2D eigenvalue weighted by Crippen LogP contribution is -2.37. The molecule has 160 valence electrons. The molecule has 0 bridgehead atoms. The number of aromatic nitrogens is 6. The second-order valence-electron chi connectivity index (χ2n) is 7.73. The topological polar surface area (TPSA) is 97.9 Å². The number of nitrogens with one attached hydrogen (secondary N) is 1. The number of ether oxygens (including phenoxy) is 1. The molecular weight excluding hydrogens is 406 g/mol. The highest BCUT2D eigenvalue weighted by atomic mass is 16.5. The monoisotopic (exact) mass is 427 g/mol. The van der Waals surface area contributed by atoms with Gasteiger partial charge in [-0.05, 0) is 18.6 Å². The molecule has 9 nitrogen and oxygen atoms in total. The molecule has 0 radical (unpaired) electrons. The molecule has 9 heteroatoms. The van der Waals surface area contributed by atoms with Gasteiger partial charge in [0.05, 0.1) is 25.1 Å². The molecule has 0 unspecified atom stereocenters. The van der Waals surface area contributed by atoms with Crippen molar-refractivity contribution >= 4 is 16.9 Å². The third kappa shape index (κ3) is 3.32. The third-order valence-electron chi connectivity index (χ3n) is 5.52. The molecule has 0 amide bonds. The van der Waals surface area contributed by atoms with E-state index < -0.39 is 0 Å². The van der Waals surface area contributed by atoms with Crippen LogP contribution in [0.2, 0.25) is 0 Å². The number of furan rings is 1. The van der Waals surface area contributed by atoms with Gasteiger partial charge in [0, 0.05) is 30.9 Å². The molecule has 5 heterocycles. The quantitative estimate of drug-likeness (QED) is 0.468. The SMILES string of the molecule is Cc1cc(-c2cc3nc(-n4cc(-c5ccccc5)cn4)nc(N4CCOCC4)c3o2)[nH]n1. The van der Waals surface area contributed by atoms with E-state index in [4.69, 9.17) is 19.1 Å². The van der Waals surface area contributed by atoms with Crippen LogP contribution in [0.4, 0.5) is 5.82 Å². The highest BCUT2D eigenvalue weighted by molar-refractivity contribution is 5.88. The van der Waals surface area contributed by atoms with Gasteiger partial charge in [-0.2, -0.15) is 15.2 Å². The van der Waals surface area contributed by atoms with E-state index in [9.17, 15) is 0 Å². The van der Waals surface area contributed by atoms with Crippen LogP contribution < -0.4 is 4.90 Å². The van der Waals surface area contributed by atoms with Crippen molar-refractivity contribution in [3.8, 4) is 28.5 Å². The standard InChI is InChI=1S/C23H21N7O2/c1-15-11-18(28-27-15)20-12-19-21(32-20)22(29-7-9-31-10-8-29)26-23(25-19)30-14-17(13-24-30)16-5-3-2-4-6-16/h2-6,11-14H,7-10H2,1H3,(H,27,28). The smallest absolute Gasteiger partial charge is 0.253 e. The summed E-state index contributed by atoms with van der Waals surface area (Å²) in [6, 6.07) is 14.0. The number of fused-ring (bicyclic) bond motifs is 1. The zero-order chi connectivity index (χ0) is 21.5. The van der Waals surface area contributed by atoms with Crippen LogP contribution in [0.15, 0.2) is 59.3 Å². The number of nitrogens with zero attached hydrogens (tertiary/aromatic N) is 6. The van der Waals surface area contributed by atoms with Crippen LogP contribution in [0.3, 0.4) is 0 Å². The summed E-state index contributed by atoms with van der Waals surface area (Å²) in [6.45, 7) is 4.70. The van der Waals surface area contributed by atoms with Gasteiger partial charge in [0.1, 0.15) is 11.2 Å². The number of H-pyrrole nitrogens is 1. The first-order valence-corrected chi connectivity index (χ1v) is 10.5. The maximum absolute atomic E-state index is 6.21. The first-order valence-electron chi connectivity index (χ1n) is 10.5. The number of hydrogen-bond acceptors (Lipinski definition) is 7. The molecule has 1 aliphatic rings. The zero-order valence-corrected chi connectivity index (χ0v) is 17.5. The molecule has 0 spiro atoms. The third-order valence-corrected chi connectivity index (χ3v) is 5.52. The lowest BCUT2D eigenvalue weighted by atomic mass is 10.1. The van der Waals surface area contributed by atoms with Crippen LogP contribution in [0.1, 0.15) is 5.69 Å². The predicted octanol–water partition coefficient (Wildman–Crippen LogP) is 3.61. The Balaban J connectivity index is 1.47. The van der Waals surface area contributed by atoms with Crippen molar-refractivity contribution in [2.45, 2.75) is 6.92 Å². The maximum Gasteiger partial charge on any atom is 0.253 e. The number of rotatable bonds is 4. The molecule has 1 N–H and O–H groups in total. The average molecular weight is 427 g/mol. The molecule has 1 saturated heterocycles. The summed E-state index contributed by atoms with van der Waals surface area (Å²) in [7, 11) is 0. The highest BCUT2D eigenvalue weighted by Crippen LogP contribution is 2.32. The molecule has 32 heavy (non-hydrogen) atoms. The Labute approximate surface area is 183 Å². The second-order valence-corrected chi connectivity index (χ2v) is 7.73. The minimum absolute atomic E-state index is 0.495. The largest absolute Gasteiger partial charge is 0.449 e. The number of benzene rings is 1. The van der Waals surface area contributed by atoms with Gasteiger partial charge in [-0.25, -0.2) is 9.67 Å². The Hall–Kier alpha value is -3.98. The van der Waals surface area contributed by atoms with Gasteiger partial charge in [-0.1, -0.05) is 30.3 Å². The van der Waals surface area contributed by atoms with Crippen molar-refractivity contribution in [1.29, 1.82) is 0 Å². The summed E-state index contributed by atoms with van der Waals surface area (Å²) in [5.74, 6) is 1.91. The van der Waals surface area contributed by atoms with E-state index >= 15 is 0 Å². The molecule has 0 saturated carbocycles. The fraction of sp³-hybridized carbons (Fsp3) is 0.217. The molecule has 1 aliphatic heterocycles. The van der Waals surface area contributed by atoms with Crippen molar-refractivity contribution < 1.29 is 9.15 Å². The molecule has 5 aromatic rings. The number of morpholine rings is 1. The van der Waals surface area contributed by atoms with Crippen molar-refractivity contribution in [3.05, 3.63) is 60.6 Å². The van der Waals surface area contributed by atoms with Crippen LogP contribution in [-0.4, -0.2) is 56.2 Å². The second kappa shape index (κ2) is 7.61. The summed E-state index contributed by atoms with van der Waals surface area (Å²) in [4.78, 5) is 11.8. The van der Waals surface area contributed by atoms with E-state index in [-0.39, 0.29) is 0 Å². The number of anilines is 1. The van der Waals surface area contributed by atoms with Gasteiger partial charge in [0.2, 0.25) is 0 Å². The van der Waals surface area contributed by atoms with E-state index in [1.807, 2.05) is 49.6 Å². The Bertz CT molecular complexity index is 1380. The van der Waals surface area contributed by atoms with Crippen molar-refractivity contribution in [2.24, 2.45) is 0 Å². The number of aromatic amines is 1. The van der Waals surface area contributed by atoms with Crippen LogP contribution in [0.5, 0.6) is 0 Å². The van der Waals surface area contributed by atoms with Gasteiger partial charge < -0.3 is 14.1 Å². The first-order chi connectivity index (χ1) is 15.7. The van der Waals surface area contributed by atoms with Crippen molar-refractivity contribution in [2.75, 3.05) is 31.2 Å². The Morgan fingerprint density at radius 2 is 1.84 bits per heavy atom. The van der Waals surface area contributed by atoms with Gasteiger partial charge in [-0.3, -0.25) is 5.10 Å². The minimum atomic E-state index is 0.495. The van der Waals surface area contributed by atoms with Crippen LogP contribution >= 0.6 is 0 Å². The van der Waals surface area contributed by atoms with E-state index in [1.54, 1.807) is 4.68 Å². The van der Waals surface area contributed by atoms with Gasteiger partial charge in [0.25, 0.3) is 5.95 Å². The van der Waals surface area contributed by atoms with Crippen molar-refractivity contribution in [1.82, 2.24) is 29.9 Å². The number of hydrogen-bond donors (Lipinski definition) is 1. The zero-order valence-electron chi connectivity index (χ0n) is 17.5. The fourth-order valence-electron chi connectivity index (χ4n) is 3.89. The maximum atomic E-state index is 6.21. The van der Waals surface area contributed by atoms with Crippen LogP contribution in [-0.2, 0) is 4.74 Å². The van der Waals surface area contributed by atoms with Gasteiger partial charge in [-0.15, -0.1) is 0 Å². The summed E-state index contributed by atoms with van der Waals surface area (Å²) in [5, 5.41) is 11.7. The van der Waals surface area contributed by atoms with E-state index in [0.29, 0.717) is 30.5 Å². The summed E-state index contributed by atoms with van der Waals surface area (Å²) in [5.41, 5.74) is 5.16. The van der Waals surface area contributed by atoms with Crippen LogP contribution in [0, 0.1) is 6.92 Å². The molecular formula is C23H21N7O2. The first kappa shape index (κ1) is 18.8. The van der Waals surface area contributed by atoms with E-state index in [2.05, 4.69) is 32.3 Å². The Kier molecular flexibility index (Phi) is 4.46. The molecule has 6 rings (SSSR count). The molecule has 4 aromatic heterocycles. The minimum Gasteiger partial charge on any atom is -0.449 e. The average Bonchev–Trinajstić information content (AvgIpc) is 3.59. The predicted molar refractivity (Wildman–Crippen MR) is 120 cm³/mol. The Morgan fingerprint density at radius 1 is 1.00 bits per heavy atom. The molecule has 0 atom stereocenters. The van der Waals surface area contributed by atoms with E-state index in [1.165, 1.54) is 0 Å². The summed E-state index contributed by atoms with van der Waals surface area (Å²) >= 11 is 0. The molecule has 1 fully saturated rings. The van der Waals surface area contributed by atoms with E-state index in [0.717, 1.165) is 46.9 Å². The normalized spacial score (nSPS) is 14.3. The van der Waals surface area contributed by atoms with Gasteiger partial charge in [0.15, 0.2) is 17.2 Å². The highest BCUT2D eigenvalue weighted by Gasteiger charge is 2.22. The van der Waals surface area contributed by atoms with Crippen LogP contribution in [0.25, 0.3) is 39.6 Å². The Morgan fingerprint density at radius 3 is 2.62 bits per heavy atom. The lowest BCUT2D eigenvalue weighted by Gasteiger charge is -2.27. The summed E-state index contributed by atoms with van der Waals surface area (Å²) < 4.78 is 13.4. The molecule has 0 aliphatic carbocycles. The molecule has 1 aromatic carbocycles. The van der Waals surface area contributed by atoms with Crippen molar-refractivity contribution in [3.63, 3.8) is 0 Å². The van der Waals surface area contributed by atoms with Gasteiger partial charge >= 0.3 is 0 Å².